The van der Waals surface area contributed by atoms with E-state index in [1.807, 2.05) is 41.2 Å². The summed E-state index contributed by atoms with van der Waals surface area (Å²) in [6, 6.07) is 12.1. The Kier molecular flexibility index (Phi) is 10.5. The van der Waals surface area contributed by atoms with Crippen molar-refractivity contribution in [3.05, 3.63) is 48.5 Å². The Labute approximate surface area is 200 Å². The van der Waals surface area contributed by atoms with Crippen LogP contribution in [-0.2, 0) is 19.1 Å². The van der Waals surface area contributed by atoms with Gasteiger partial charge in [0, 0.05) is 4.90 Å². The van der Waals surface area contributed by atoms with Crippen LogP contribution in [0.1, 0.15) is 13.8 Å². The molecule has 180 valence electrons. The van der Waals surface area contributed by atoms with Gasteiger partial charge in [-0.25, -0.2) is 9.59 Å². The predicted molar refractivity (Wildman–Crippen MR) is 123 cm³/mol. The van der Waals surface area contributed by atoms with Gasteiger partial charge in [-0.3, -0.25) is 20.2 Å². The Morgan fingerprint density at radius 3 is 1.74 bits per heavy atom. The zero-order chi connectivity index (χ0) is 24.9. The van der Waals surface area contributed by atoms with Gasteiger partial charge < -0.3 is 14.2 Å². The van der Waals surface area contributed by atoms with Gasteiger partial charge in [0.1, 0.15) is 11.5 Å². The lowest BCUT2D eigenvalue weighted by Gasteiger charge is -2.11. The quantitative estimate of drug-likeness (QED) is 0.303. The summed E-state index contributed by atoms with van der Waals surface area (Å²) in [4.78, 5) is 48.9. The molecule has 2 aromatic carbocycles. The molecule has 0 aliphatic carbocycles. The molecular weight excluding hydrogens is 464 g/mol. The number of hydrogen-bond acceptors (Lipinski definition) is 10. The van der Waals surface area contributed by atoms with Gasteiger partial charge in [0.15, 0.2) is 0 Å². The van der Waals surface area contributed by atoms with Crippen LogP contribution in [0, 0.1) is 0 Å². The smallest absolute Gasteiger partial charge is 0.413 e. The Balaban J connectivity index is 2.11. The molecule has 0 saturated carbocycles. The number of benzene rings is 2. The van der Waals surface area contributed by atoms with Crippen LogP contribution < -0.4 is 15.4 Å². The normalized spacial score (nSPS) is 10.6. The summed E-state index contributed by atoms with van der Waals surface area (Å²) in [5, 5.41) is 11.3. The first kappa shape index (κ1) is 26.3. The SMILES string of the molecule is CCOC(=O)NC(=O)C(N=Nc1ccc(Oc2ccc(SC)cc2)cc1)C(=O)NC(=O)OCC. The summed E-state index contributed by atoms with van der Waals surface area (Å²) >= 11 is 1.62. The van der Waals surface area contributed by atoms with Crippen molar-refractivity contribution in [3.8, 4) is 11.5 Å². The molecule has 0 heterocycles. The predicted octanol–water partition coefficient (Wildman–Crippen LogP) is 4.20. The van der Waals surface area contributed by atoms with E-state index in [4.69, 9.17) is 4.74 Å². The van der Waals surface area contributed by atoms with E-state index in [0.717, 1.165) is 4.90 Å². The number of thioether (sulfide) groups is 1. The topological polar surface area (TPSA) is 145 Å². The third-order valence-electron chi connectivity index (χ3n) is 3.92. The van der Waals surface area contributed by atoms with E-state index in [9.17, 15) is 19.2 Å². The van der Waals surface area contributed by atoms with Crippen LogP contribution in [0.3, 0.4) is 0 Å². The van der Waals surface area contributed by atoms with Crippen molar-refractivity contribution in [1.29, 1.82) is 0 Å². The monoisotopic (exact) mass is 488 g/mol. The van der Waals surface area contributed by atoms with Crippen molar-refractivity contribution in [3.63, 3.8) is 0 Å². The number of carbonyl (C=O) groups is 4. The average molecular weight is 489 g/mol. The number of azo groups is 1. The highest BCUT2D eigenvalue weighted by Gasteiger charge is 2.30. The second-order valence-electron chi connectivity index (χ2n) is 6.31. The minimum Gasteiger partial charge on any atom is -0.457 e. The fourth-order valence-electron chi connectivity index (χ4n) is 2.38. The van der Waals surface area contributed by atoms with Gasteiger partial charge in [0.05, 0.1) is 18.9 Å². The van der Waals surface area contributed by atoms with Crippen molar-refractivity contribution in [1.82, 2.24) is 10.6 Å². The van der Waals surface area contributed by atoms with Crippen LogP contribution in [-0.4, -0.2) is 49.5 Å². The molecule has 0 saturated heterocycles. The number of alkyl carbamates (subject to hydrolysis) is 2. The number of imide groups is 2. The molecule has 4 amide bonds. The van der Waals surface area contributed by atoms with E-state index < -0.39 is 30.0 Å². The average Bonchev–Trinajstić information content (AvgIpc) is 2.81. The van der Waals surface area contributed by atoms with E-state index in [2.05, 4.69) is 19.7 Å². The molecule has 0 aromatic heterocycles. The molecule has 0 aliphatic heterocycles. The van der Waals surface area contributed by atoms with Gasteiger partial charge >= 0.3 is 12.2 Å². The van der Waals surface area contributed by atoms with Crippen LogP contribution in [0.15, 0.2) is 63.7 Å². The van der Waals surface area contributed by atoms with Crippen molar-refractivity contribution < 1.29 is 33.4 Å². The highest BCUT2D eigenvalue weighted by atomic mass is 32.2. The molecule has 0 bridgehead atoms. The number of amides is 4. The molecule has 0 aliphatic rings. The molecule has 0 fully saturated rings. The fraction of sp³-hybridized carbons (Fsp3) is 0.273. The second kappa shape index (κ2) is 13.6. The summed E-state index contributed by atoms with van der Waals surface area (Å²) < 4.78 is 15.0. The number of nitrogens with one attached hydrogen (secondary N) is 2. The minimum atomic E-state index is -1.85. The maximum atomic E-state index is 12.3. The zero-order valence-electron chi connectivity index (χ0n) is 18.8. The standard InChI is InChI=1S/C22H24N4O7S/c1-4-31-21(29)23-19(27)18(20(28)24-22(30)32-5-2)26-25-14-6-8-15(9-7-14)33-16-10-12-17(34-3)13-11-16/h6-13,18H,4-5H2,1-3H3,(H,23,27,29)(H,24,28,30). The number of carbonyl (C=O) groups excluding carboxylic acids is 4. The fourth-order valence-corrected chi connectivity index (χ4v) is 2.79. The second-order valence-corrected chi connectivity index (χ2v) is 7.19. The third-order valence-corrected chi connectivity index (χ3v) is 4.66. The largest absolute Gasteiger partial charge is 0.457 e. The van der Waals surface area contributed by atoms with Crippen LogP contribution in [0.2, 0.25) is 0 Å². The lowest BCUT2D eigenvalue weighted by molar-refractivity contribution is -0.130. The highest BCUT2D eigenvalue weighted by molar-refractivity contribution is 7.98. The summed E-state index contributed by atoms with van der Waals surface area (Å²) in [5.74, 6) is -1.07. The van der Waals surface area contributed by atoms with Crippen LogP contribution in [0.5, 0.6) is 11.5 Å². The zero-order valence-corrected chi connectivity index (χ0v) is 19.6. The third kappa shape index (κ3) is 8.54. The molecule has 0 unspecified atom stereocenters. The van der Waals surface area contributed by atoms with E-state index in [0.29, 0.717) is 17.2 Å². The van der Waals surface area contributed by atoms with Crippen molar-refractivity contribution in [2.75, 3.05) is 19.5 Å². The summed E-state index contributed by atoms with van der Waals surface area (Å²) in [5.41, 5.74) is 0.294. The van der Waals surface area contributed by atoms with Crippen LogP contribution in [0.25, 0.3) is 0 Å². The molecular formula is C22H24N4O7S. The van der Waals surface area contributed by atoms with Gasteiger partial charge in [0.2, 0.25) is 6.04 Å². The Morgan fingerprint density at radius 1 is 0.824 bits per heavy atom. The number of hydrogen-bond donors (Lipinski definition) is 2. The Bertz CT molecular complexity index is 995. The van der Waals surface area contributed by atoms with Crippen molar-refractivity contribution >= 4 is 41.5 Å². The van der Waals surface area contributed by atoms with Crippen LogP contribution in [0.4, 0.5) is 15.3 Å². The summed E-state index contributed by atoms with van der Waals surface area (Å²) in [6.07, 6.45) is -0.151. The Morgan fingerprint density at radius 2 is 1.29 bits per heavy atom. The molecule has 11 nitrogen and oxygen atoms in total. The van der Waals surface area contributed by atoms with Crippen molar-refractivity contribution in [2.24, 2.45) is 10.2 Å². The van der Waals surface area contributed by atoms with Crippen molar-refractivity contribution in [2.45, 2.75) is 24.8 Å². The number of ether oxygens (including phenoxy) is 3. The van der Waals surface area contributed by atoms with Gasteiger partial charge in [-0.15, -0.1) is 11.8 Å². The molecule has 2 N–H and O–H groups in total. The van der Waals surface area contributed by atoms with E-state index in [1.165, 1.54) is 0 Å². The summed E-state index contributed by atoms with van der Waals surface area (Å²) in [6.45, 7) is 3.11. The highest BCUT2D eigenvalue weighted by Crippen LogP contribution is 2.26. The maximum absolute atomic E-state index is 12.3. The van der Waals surface area contributed by atoms with Gasteiger partial charge in [0.25, 0.3) is 11.8 Å². The van der Waals surface area contributed by atoms with Gasteiger partial charge in [-0.05, 0) is 68.6 Å². The number of nitrogens with zero attached hydrogens (tertiary/aromatic N) is 2. The first-order chi connectivity index (χ1) is 16.4. The lowest BCUT2D eigenvalue weighted by atomic mass is 10.2. The van der Waals surface area contributed by atoms with E-state index in [-0.39, 0.29) is 13.2 Å². The molecule has 0 atom stereocenters. The number of rotatable bonds is 9. The summed E-state index contributed by atoms with van der Waals surface area (Å²) in [7, 11) is 0. The molecule has 2 rings (SSSR count). The molecule has 34 heavy (non-hydrogen) atoms. The lowest BCUT2D eigenvalue weighted by Crippen LogP contribution is -2.48. The minimum absolute atomic E-state index is 0.0104. The molecule has 0 spiro atoms. The molecule has 0 radical (unpaired) electrons. The maximum Gasteiger partial charge on any atom is 0.413 e. The first-order valence-electron chi connectivity index (χ1n) is 10.1. The van der Waals surface area contributed by atoms with Gasteiger partial charge in [-0.1, -0.05) is 0 Å². The first-order valence-corrected chi connectivity index (χ1v) is 11.4. The molecule has 2 aromatic rings. The van der Waals surface area contributed by atoms with Crippen LogP contribution >= 0.6 is 11.8 Å². The van der Waals surface area contributed by atoms with E-state index >= 15 is 0 Å². The molecule has 12 heteroatoms. The van der Waals surface area contributed by atoms with E-state index in [1.54, 1.807) is 49.9 Å². The van der Waals surface area contributed by atoms with Gasteiger partial charge in [-0.2, -0.15) is 10.2 Å². The Hall–Kier alpha value is -3.93.